The summed E-state index contributed by atoms with van der Waals surface area (Å²) >= 11 is 3.52. The lowest BCUT2D eigenvalue weighted by Gasteiger charge is -2.18. The second kappa shape index (κ2) is 6.20. The SMILES string of the molecule is CCc1ccc(C(Br)C(C)S(C)(=O)=O)cc1CC. The summed E-state index contributed by atoms with van der Waals surface area (Å²) < 4.78 is 23.2. The van der Waals surface area contributed by atoms with E-state index in [-0.39, 0.29) is 4.83 Å². The van der Waals surface area contributed by atoms with Crippen LogP contribution in [0.2, 0.25) is 0 Å². The third kappa shape index (κ3) is 3.58. The molecule has 1 aromatic rings. The maximum absolute atomic E-state index is 11.6. The molecule has 18 heavy (non-hydrogen) atoms. The fourth-order valence-electron chi connectivity index (χ4n) is 1.98. The van der Waals surface area contributed by atoms with Gasteiger partial charge in [-0.2, -0.15) is 0 Å². The van der Waals surface area contributed by atoms with E-state index in [2.05, 4.69) is 41.9 Å². The Bertz CT molecular complexity index is 509. The van der Waals surface area contributed by atoms with Crippen molar-refractivity contribution in [3.05, 3.63) is 34.9 Å². The summed E-state index contributed by atoms with van der Waals surface area (Å²) in [6, 6.07) is 6.26. The number of hydrogen-bond acceptors (Lipinski definition) is 2. The van der Waals surface area contributed by atoms with Crippen LogP contribution in [-0.4, -0.2) is 19.9 Å². The van der Waals surface area contributed by atoms with Gasteiger partial charge in [0.2, 0.25) is 0 Å². The van der Waals surface area contributed by atoms with E-state index in [1.54, 1.807) is 6.92 Å². The zero-order valence-corrected chi connectivity index (χ0v) is 13.8. The van der Waals surface area contributed by atoms with Gasteiger partial charge in [-0.1, -0.05) is 48.0 Å². The zero-order chi connectivity index (χ0) is 13.9. The summed E-state index contributed by atoms with van der Waals surface area (Å²) in [5.41, 5.74) is 3.69. The molecule has 1 rings (SSSR count). The first-order chi connectivity index (χ1) is 8.31. The Hall–Kier alpha value is -0.350. The van der Waals surface area contributed by atoms with Gasteiger partial charge in [0.1, 0.15) is 0 Å². The third-order valence-electron chi connectivity index (χ3n) is 3.40. The Kier molecular flexibility index (Phi) is 5.41. The molecule has 1 aromatic carbocycles. The van der Waals surface area contributed by atoms with Gasteiger partial charge in [0, 0.05) is 6.26 Å². The number of hydrogen-bond donors (Lipinski definition) is 0. The zero-order valence-electron chi connectivity index (χ0n) is 11.4. The molecule has 0 aliphatic carbocycles. The topological polar surface area (TPSA) is 34.1 Å². The van der Waals surface area contributed by atoms with Gasteiger partial charge in [-0.15, -0.1) is 0 Å². The Morgan fingerprint density at radius 2 is 1.72 bits per heavy atom. The van der Waals surface area contributed by atoms with Crippen molar-refractivity contribution in [3.63, 3.8) is 0 Å². The first-order valence-electron chi connectivity index (χ1n) is 6.25. The van der Waals surface area contributed by atoms with Gasteiger partial charge in [-0.05, 0) is 36.5 Å². The highest BCUT2D eigenvalue weighted by Crippen LogP contribution is 2.31. The van der Waals surface area contributed by atoms with Gasteiger partial charge >= 0.3 is 0 Å². The fourth-order valence-corrected chi connectivity index (χ4v) is 4.03. The molecule has 0 bridgehead atoms. The first-order valence-corrected chi connectivity index (χ1v) is 9.12. The van der Waals surface area contributed by atoms with Crippen molar-refractivity contribution in [1.82, 2.24) is 0 Å². The van der Waals surface area contributed by atoms with Gasteiger partial charge < -0.3 is 0 Å². The lowest BCUT2D eigenvalue weighted by atomic mass is 9.98. The lowest BCUT2D eigenvalue weighted by Crippen LogP contribution is -2.21. The fraction of sp³-hybridized carbons (Fsp3) is 0.571. The molecule has 0 aromatic heterocycles. The van der Waals surface area contributed by atoms with E-state index >= 15 is 0 Å². The molecule has 0 saturated carbocycles. The van der Waals surface area contributed by atoms with Crippen molar-refractivity contribution in [3.8, 4) is 0 Å². The van der Waals surface area contributed by atoms with Crippen LogP contribution in [0.1, 0.15) is 42.3 Å². The average molecular weight is 333 g/mol. The average Bonchev–Trinajstić information content (AvgIpc) is 2.34. The highest BCUT2D eigenvalue weighted by molar-refractivity contribution is 9.09. The maximum atomic E-state index is 11.6. The number of rotatable bonds is 5. The van der Waals surface area contributed by atoms with Crippen LogP contribution in [0.5, 0.6) is 0 Å². The summed E-state index contributed by atoms with van der Waals surface area (Å²) in [6.07, 6.45) is 3.27. The van der Waals surface area contributed by atoms with Gasteiger partial charge in [0.15, 0.2) is 9.84 Å². The third-order valence-corrected chi connectivity index (χ3v) is 6.69. The van der Waals surface area contributed by atoms with Crippen LogP contribution in [0.4, 0.5) is 0 Å². The molecular weight excluding hydrogens is 312 g/mol. The molecule has 2 atom stereocenters. The Morgan fingerprint density at radius 3 is 2.17 bits per heavy atom. The van der Waals surface area contributed by atoms with Crippen LogP contribution in [-0.2, 0) is 22.7 Å². The van der Waals surface area contributed by atoms with Crippen LogP contribution in [0.25, 0.3) is 0 Å². The Labute approximate surface area is 119 Å². The smallest absolute Gasteiger partial charge is 0.151 e. The number of halogens is 1. The molecule has 0 heterocycles. The summed E-state index contributed by atoms with van der Waals surface area (Å²) in [6.45, 7) is 6.01. The molecule has 0 aliphatic heterocycles. The van der Waals surface area contributed by atoms with E-state index in [0.29, 0.717) is 0 Å². The number of sulfone groups is 1. The lowest BCUT2D eigenvalue weighted by molar-refractivity contribution is 0.588. The van der Waals surface area contributed by atoms with Crippen LogP contribution >= 0.6 is 15.9 Å². The largest absolute Gasteiger partial charge is 0.229 e. The van der Waals surface area contributed by atoms with E-state index in [1.165, 1.54) is 17.4 Å². The van der Waals surface area contributed by atoms with E-state index in [0.717, 1.165) is 18.4 Å². The highest BCUT2D eigenvalue weighted by atomic mass is 79.9. The van der Waals surface area contributed by atoms with Gasteiger partial charge in [0.05, 0.1) is 10.1 Å². The molecule has 0 radical (unpaired) electrons. The monoisotopic (exact) mass is 332 g/mol. The van der Waals surface area contributed by atoms with E-state index < -0.39 is 15.1 Å². The molecule has 0 saturated heterocycles. The van der Waals surface area contributed by atoms with Crippen LogP contribution in [0.3, 0.4) is 0 Å². The van der Waals surface area contributed by atoms with E-state index in [4.69, 9.17) is 0 Å². The Morgan fingerprint density at radius 1 is 1.17 bits per heavy atom. The van der Waals surface area contributed by atoms with Crippen molar-refractivity contribution in [1.29, 1.82) is 0 Å². The molecule has 0 N–H and O–H groups in total. The molecule has 0 spiro atoms. The predicted octanol–water partition coefficient (Wildman–Crippen LogP) is 3.68. The molecule has 0 amide bonds. The second-order valence-electron chi connectivity index (χ2n) is 4.67. The van der Waals surface area contributed by atoms with Crippen molar-refractivity contribution in [2.24, 2.45) is 0 Å². The van der Waals surface area contributed by atoms with Crippen LogP contribution in [0.15, 0.2) is 18.2 Å². The number of aryl methyl sites for hydroxylation is 2. The molecule has 2 unspecified atom stereocenters. The van der Waals surface area contributed by atoms with Crippen molar-refractivity contribution < 1.29 is 8.42 Å². The van der Waals surface area contributed by atoms with Gasteiger partial charge in [-0.3, -0.25) is 0 Å². The molecular formula is C14H21BrO2S. The van der Waals surface area contributed by atoms with Gasteiger partial charge in [0.25, 0.3) is 0 Å². The summed E-state index contributed by atoms with van der Waals surface area (Å²) in [4.78, 5) is -0.149. The van der Waals surface area contributed by atoms with Crippen LogP contribution in [0, 0.1) is 0 Å². The van der Waals surface area contributed by atoms with Gasteiger partial charge in [-0.25, -0.2) is 8.42 Å². The molecule has 0 aliphatic rings. The van der Waals surface area contributed by atoms with Crippen LogP contribution < -0.4 is 0 Å². The predicted molar refractivity (Wildman–Crippen MR) is 81.2 cm³/mol. The molecule has 0 fully saturated rings. The van der Waals surface area contributed by atoms with E-state index in [9.17, 15) is 8.42 Å². The van der Waals surface area contributed by atoms with Crippen molar-refractivity contribution >= 4 is 25.8 Å². The van der Waals surface area contributed by atoms with Crippen molar-refractivity contribution in [2.75, 3.05) is 6.26 Å². The normalized spacial score (nSPS) is 15.4. The summed E-state index contributed by atoms with van der Waals surface area (Å²) in [5.74, 6) is 0. The van der Waals surface area contributed by atoms with E-state index in [1.807, 2.05) is 6.07 Å². The first kappa shape index (κ1) is 15.7. The molecule has 102 valence electrons. The molecule has 4 heteroatoms. The summed E-state index contributed by atoms with van der Waals surface area (Å²) in [5, 5.41) is -0.422. The molecule has 2 nitrogen and oxygen atoms in total. The highest BCUT2D eigenvalue weighted by Gasteiger charge is 2.25. The standard InChI is InChI=1S/C14H21BrO2S/c1-5-11-7-8-13(9-12(11)6-2)14(15)10(3)18(4,16)17/h7-10,14H,5-6H2,1-4H3. The minimum absolute atomic E-state index is 0.149. The minimum Gasteiger partial charge on any atom is -0.229 e. The number of alkyl halides is 1. The number of benzene rings is 1. The quantitative estimate of drug-likeness (QED) is 0.771. The summed E-state index contributed by atoms with van der Waals surface area (Å²) in [7, 11) is -3.03. The Balaban J connectivity index is 3.11. The maximum Gasteiger partial charge on any atom is 0.151 e. The minimum atomic E-state index is -3.03. The van der Waals surface area contributed by atoms with Crippen molar-refractivity contribution in [2.45, 2.75) is 43.7 Å². The second-order valence-corrected chi connectivity index (χ2v) is 8.06.